The fourth-order valence-electron chi connectivity index (χ4n) is 2.14. The van der Waals surface area contributed by atoms with E-state index in [1.807, 2.05) is 13.8 Å². The van der Waals surface area contributed by atoms with Gasteiger partial charge < -0.3 is 16.8 Å². The monoisotopic (exact) mass is 311 g/mol. The third-order valence-electron chi connectivity index (χ3n) is 3.50. The Morgan fingerprint density at radius 3 is 2.19 bits per heavy atom. The average Bonchev–Trinajstić information content (AvgIpc) is 2.71. The second-order valence-corrected chi connectivity index (χ2v) is 6.86. The molecule has 0 saturated carbocycles. The van der Waals surface area contributed by atoms with Gasteiger partial charge in [-0.3, -0.25) is 9.59 Å². The van der Waals surface area contributed by atoms with Gasteiger partial charge in [-0.2, -0.15) is 0 Å². The first kappa shape index (κ1) is 17.5. The molecule has 0 fully saturated rings. The maximum Gasteiger partial charge on any atom is 0.253 e. The lowest BCUT2D eigenvalue weighted by atomic mass is 10.0. The molecule has 0 aliphatic carbocycles. The van der Waals surface area contributed by atoms with Crippen molar-refractivity contribution in [1.29, 1.82) is 0 Å². The zero-order valence-corrected chi connectivity index (χ0v) is 14.1. The van der Waals surface area contributed by atoms with Crippen LogP contribution in [-0.4, -0.2) is 17.7 Å². The Morgan fingerprint density at radius 1 is 1.24 bits per heavy atom. The normalized spacial score (nSPS) is 12.7. The van der Waals surface area contributed by atoms with Crippen LogP contribution in [0.2, 0.25) is 0 Å². The third kappa shape index (κ3) is 3.75. The van der Waals surface area contributed by atoms with E-state index in [2.05, 4.69) is 26.1 Å². The van der Waals surface area contributed by atoms with Gasteiger partial charge in [-0.25, -0.2) is 0 Å². The molecule has 1 aromatic rings. The Morgan fingerprint density at radius 2 is 1.81 bits per heavy atom. The van der Waals surface area contributed by atoms with Gasteiger partial charge in [0.05, 0.1) is 16.1 Å². The van der Waals surface area contributed by atoms with Crippen molar-refractivity contribution in [2.24, 2.45) is 17.6 Å². The summed E-state index contributed by atoms with van der Waals surface area (Å²) in [6, 6.07) is 0.197. The molecule has 0 aliphatic heterocycles. The van der Waals surface area contributed by atoms with Crippen molar-refractivity contribution < 1.29 is 9.59 Å². The zero-order chi connectivity index (χ0) is 16.3. The van der Waals surface area contributed by atoms with Gasteiger partial charge in [0, 0.05) is 12.0 Å². The highest BCUT2D eigenvalue weighted by atomic mass is 32.1. The number of hydrogen-bond acceptors (Lipinski definition) is 5. The van der Waals surface area contributed by atoms with Crippen LogP contribution in [-0.2, 0) is 0 Å². The molecule has 5 nitrogen and oxygen atoms in total. The Labute approximate surface area is 130 Å². The van der Waals surface area contributed by atoms with Crippen LogP contribution in [0.5, 0.6) is 0 Å². The molecule has 0 bridgehead atoms. The molecule has 0 aromatic carbocycles. The Hall–Kier alpha value is -1.56. The maximum absolute atomic E-state index is 12.2. The number of primary amides is 1. The Bertz CT molecular complexity index is 535. The molecule has 5 N–H and O–H groups in total. The summed E-state index contributed by atoms with van der Waals surface area (Å²) >= 11 is 1.23. The summed E-state index contributed by atoms with van der Waals surface area (Å²) in [5.74, 6) is -0.451. The molecule has 0 aliphatic rings. The summed E-state index contributed by atoms with van der Waals surface area (Å²) in [6.07, 6.45) is 0.904. The largest absolute Gasteiger partial charge is 0.397 e. The number of Topliss-reactive ketones (excluding diaryl/α,β-unsaturated/α-hetero) is 1. The highest BCUT2D eigenvalue weighted by Gasteiger charge is 2.26. The molecule has 6 heteroatoms. The highest BCUT2D eigenvalue weighted by Crippen LogP contribution is 2.37. The number of hydrogen-bond donors (Lipinski definition) is 3. The fraction of sp³-hybridized carbons (Fsp3) is 0.600. The number of anilines is 2. The predicted octanol–water partition coefficient (Wildman–Crippen LogP) is 3.11. The summed E-state index contributed by atoms with van der Waals surface area (Å²) in [5.41, 5.74) is 11.9. The molecule has 0 spiro atoms. The number of nitrogens with one attached hydrogen (secondary N) is 1. The van der Waals surface area contributed by atoms with Gasteiger partial charge >= 0.3 is 0 Å². The fourth-order valence-corrected chi connectivity index (χ4v) is 3.42. The van der Waals surface area contributed by atoms with Crippen LogP contribution in [0.3, 0.4) is 0 Å². The molecule has 1 heterocycles. The van der Waals surface area contributed by atoms with E-state index in [9.17, 15) is 9.59 Å². The number of carbonyl (C=O) groups excluding carboxylic acids is 2. The molecule has 21 heavy (non-hydrogen) atoms. The van der Waals surface area contributed by atoms with E-state index in [4.69, 9.17) is 11.5 Å². The summed E-state index contributed by atoms with van der Waals surface area (Å²) in [5, 5.41) is 3.92. The van der Waals surface area contributed by atoms with E-state index < -0.39 is 5.91 Å². The topological polar surface area (TPSA) is 98.2 Å². The van der Waals surface area contributed by atoms with Crippen LogP contribution >= 0.6 is 11.3 Å². The molecule has 0 radical (unpaired) electrons. The van der Waals surface area contributed by atoms with Crippen molar-refractivity contribution in [2.45, 2.75) is 47.1 Å². The van der Waals surface area contributed by atoms with E-state index in [0.717, 1.165) is 6.42 Å². The Kier molecular flexibility index (Phi) is 5.78. The van der Waals surface area contributed by atoms with Gasteiger partial charge in [0.25, 0.3) is 5.91 Å². The maximum atomic E-state index is 12.2. The van der Waals surface area contributed by atoms with E-state index in [1.54, 1.807) is 0 Å². The summed E-state index contributed by atoms with van der Waals surface area (Å²) < 4.78 is 0. The van der Waals surface area contributed by atoms with Crippen molar-refractivity contribution in [3.05, 3.63) is 10.4 Å². The average molecular weight is 311 g/mol. The lowest BCUT2D eigenvalue weighted by Gasteiger charge is -2.21. The van der Waals surface area contributed by atoms with Crippen LogP contribution in [0.15, 0.2) is 0 Å². The molecule has 1 amide bonds. The predicted molar refractivity (Wildman–Crippen MR) is 89.0 cm³/mol. The van der Waals surface area contributed by atoms with Gasteiger partial charge in [0.2, 0.25) is 0 Å². The first-order valence-electron chi connectivity index (χ1n) is 7.23. The first-order valence-corrected chi connectivity index (χ1v) is 8.05. The second-order valence-electron chi connectivity index (χ2n) is 5.84. The molecule has 0 saturated heterocycles. The van der Waals surface area contributed by atoms with Crippen molar-refractivity contribution in [3.8, 4) is 0 Å². The van der Waals surface area contributed by atoms with E-state index >= 15 is 0 Å². The molecule has 1 rings (SSSR count). The summed E-state index contributed by atoms with van der Waals surface area (Å²) in [6.45, 7) is 9.88. The molecule has 1 unspecified atom stereocenters. The van der Waals surface area contributed by atoms with Gasteiger partial charge in [0.1, 0.15) is 5.00 Å². The number of carbonyl (C=O) groups is 2. The van der Waals surface area contributed by atoms with Gasteiger partial charge in [-0.05, 0) is 12.3 Å². The van der Waals surface area contributed by atoms with E-state index in [-0.39, 0.29) is 29.0 Å². The van der Waals surface area contributed by atoms with E-state index in [1.165, 1.54) is 11.3 Å². The van der Waals surface area contributed by atoms with Crippen molar-refractivity contribution in [2.75, 3.05) is 11.1 Å². The lowest BCUT2D eigenvalue weighted by molar-refractivity contribution is 0.0944. The van der Waals surface area contributed by atoms with Crippen LogP contribution in [0.1, 0.15) is 61.1 Å². The molecule has 1 atom stereocenters. The third-order valence-corrected chi connectivity index (χ3v) is 4.65. The first-order chi connectivity index (χ1) is 9.70. The van der Waals surface area contributed by atoms with Crippen LogP contribution < -0.4 is 16.8 Å². The number of ketones is 1. The number of thiophene rings is 1. The lowest BCUT2D eigenvalue weighted by Crippen LogP contribution is -2.25. The quantitative estimate of drug-likeness (QED) is 0.674. The van der Waals surface area contributed by atoms with Crippen molar-refractivity contribution in [1.82, 2.24) is 0 Å². The van der Waals surface area contributed by atoms with Gasteiger partial charge in [0.15, 0.2) is 5.78 Å². The smallest absolute Gasteiger partial charge is 0.253 e. The van der Waals surface area contributed by atoms with Gasteiger partial charge in [-0.1, -0.05) is 34.6 Å². The summed E-state index contributed by atoms with van der Waals surface area (Å²) in [4.78, 5) is 24.3. The van der Waals surface area contributed by atoms with Crippen LogP contribution in [0.25, 0.3) is 0 Å². The minimum Gasteiger partial charge on any atom is -0.397 e. The van der Waals surface area contributed by atoms with Gasteiger partial charge in [-0.15, -0.1) is 11.3 Å². The standard InChI is InChI=1S/C15H25N3O2S/c1-6-9(7(2)3)18-15-10(14(17)20)11(16)13(21-15)12(19)8(4)5/h7-9,18H,6,16H2,1-5H3,(H2,17,20). The summed E-state index contributed by atoms with van der Waals surface area (Å²) in [7, 11) is 0. The molecule has 118 valence electrons. The number of amides is 1. The van der Waals surface area contributed by atoms with E-state index in [0.29, 0.717) is 15.8 Å². The minimum absolute atomic E-state index is 0.0642. The number of nitrogen functional groups attached to an aromatic ring is 1. The SMILES string of the molecule is CCC(Nc1sc(C(=O)C(C)C)c(N)c1C(N)=O)C(C)C. The second kappa shape index (κ2) is 6.93. The van der Waals surface area contributed by atoms with Crippen LogP contribution in [0, 0.1) is 11.8 Å². The Balaban J connectivity index is 3.28. The molecular formula is C15H25N3O2S. The molecular weight excluding hydrogens is 286 g/mol. The highest BCUT2D eigenvalue weighted by molar-refractivity contribution is 7.19. The zero-order valence-electron chi connectivity index (χ0n) is 13.3. The molecule has 1 aromatic heterocycles. The van der Waals surface area contributed by atoms with Crippen molar-refractivity contribution in [3.63, 3.8) is 0 Å². The van der Waals surface area contributed by atoms with Crippen LogP contribution in [0.4, 0.5) is 10.7 Å². The minimum atomic E-state index is -0.604. The number of rotatable bonds is 7. The number of nitrogens with two attached hydrogens (primary N) is 2. The van der Waals surface area contributed by atoms with Crippen molar-refractivity contribution >= 4 is 33.7 Å².